The van der Waals surface area contributed by atoms with Crippen LogP contribution < -0.4 is 0 Å². The minimum absolute atomic E-state index is 0.0391. The molecular weight excluding hydrogens is 421 g/mol. The van der Waals surface area contributed by atoms with E-state index < -0.39 is 12.3 Å². The predicted molar refractivity (Wildman–Crippen MR) is 137 cm³/mol. The Bertz CT molecular complexity index is 1040. The molecule has 1 N–H and O–H groups in total. The lowest BCUT2D eigenvalue weighted by Gasteiger charge is -2.48. The van der Waals surface area contributed by atoms with E-state index in [4.69, 9.17) is 4.98 Å². The van der Waals surface area contributed by atoms with Gasteiger partial charge in [0.1, 0.15) is 0 Å². The molecule has 2 nitrogen and oxygen atoms in total. The van der Waals surface area contributed by atoms with Gasteiger partial charge in [0.15, 0.2) is 6.17 Å². The number of alkyl halides is 1. The highest BCUT2D eigenvalue weighted by Crippen LogP contribution is 2.56. The summed E-state index contributed by atoms with van der Waals surface area (Å²) in [4.78, 5) is 5.18. The number of nitrogens with zero attached hydrogens (tertiary/aromatic N) is 1. The Balaban J connectivity index is 1.67. The van der Waals surface area contributed by atoms with Gasteiger partial charge in [-0.05, 0) is 77.9 Å². The second-order valence-electron chi connectivity index (χ2n) is 12.8. The van der Waals surface area contributed by atoms with Crippen molar-refractivity contribution in [2.75, 3.05) is 0 Å². The molecule has 0 bridgehead atoms. The highest BCUT2D eigenvalue weighted by molar-refractivity contribution is 5.51. The van der Waals surface area contributed by atoms with E-state index in [1.807, 2.05) is 12.1 Å². The predicted octanol–water partition coefficient (Wildman–Crippen LogP) is 8.37. The van der Waals surface area contributed by atoms with Gasteiger partial charge in [-0.15, -0.1) is 0 Å². The molecule has 0 aliphatic heterocycles. The van der Waals surface area contributed by atoms with Crippen LogP contribution in [-0.4, -0.2) is 10.1 Å². The number of aliphatic hydroxyl groups is 1. The minimum atomic E-state index is -1.22. The fraction of sp³-hybridized carbons (Fsp3) is 0.645. The van der Waals surface area contributed by atoms with E-state index >= 15 is 4.39 Å². The second kappa shape index (κ2) is 8.73. The fourth-order valence-electron chi connectivity index (χ4n) is 6.89. The van der Waals surface area contributed by atoms with E-state index in [1.54, 1.807) is 0 Å². The van der Waals surface area contributed by atoms with Crippen LogP contribution in [0.5, 0.6) is 0 Å². The SMILES string of the molecule is CC(C)c1nc2c(c(C3CCCC3)c1[C@@H](F)c1ccc(C(C)(C)C)cc1)[C@@H](O)CC1(CCC1)C2. The lowest BCUT2D eigenvalue weighted by Crippen LogP contribution is -2.39. The molecule has 1 spiro atoms. The number of hydrogen-bond donors (Lipinski definition) is 1. The molecule has 2 fully saturated rings. The maximum atomic E-state index is 16.6. The molecule has 0 saturated heterocycles. The third kappa shape index (κ3) is 4.12. The van der Waals surface area contributed by atoms with Crippen LogP contribution in [-0.2, 0) is 11.8 Å². The molecule has 34 heavy (non-hydrogen) atoms. The molecule has 184 valence electrons. The lowest BCUT2D eigenvalue weighted by atomic mass is 9.59. The summed E-state index contributed by atoms with van der Waals surface area (Å²) >= 11 is 0. The van der Waals surface area contributed by atoms with Crippen LogP contribution in [0.1, 0.15) is 149 Å². The Morgan fingerprint density at radius 3 is 2.18 bits per heavy atom. The third-order valence-electron chi connectivity index (χ3n) is 8.97. The van der Waals surface area contributed by atoms with Crippen molar-refractivity contribution in [3.8, 4) is 0 Å². The zero-order valence-corrected chi connectivity index (χ0v) is 21.8. The quantitative estimate of drug-likeness (QED) is 0.494. The first-order chi connectivity index (χ1) is 16.1. The second-order valence-corrected chi connectivity index (χ2v) is 12.8. The van der Waals surface area contributed by atoms with Gasteiger partial charge in [-0.25, -0.2) is 4.39 Å². The summed E-state index contributed by atoms with van der Waals surface area (Å²) in [5, 5.41) is 11.5. The van der Waals surface area contributed by atoms with Crippen molar-refractivity contribution in [2.45, 2.75) is 122 Å². The number of pyridine rings is 1. The van der Waals surface area contributed by atoms with Crippen molar-refractivity contribution in [3.63, 3.8) is 0 Å². The number of benzene rings is 1. The normalized spacial score (nSPS) is 23.2. The molecule has 1 heterocycles. The highest BCUT2D eigenvalue weighted by Gasteiger charge is 2.46. The average Bonchev–Trinajstić information content (AvgIpc) is 3.30. The number of aromatic nitrogens is 1. The first-order valence-corrected chi connectivity index (χ1v) is 13.6. The summed E-state index contributed by atoms with van der Waals surface area (Å²) in [5.41, 5.74) is 7.06. The summed E-state index contributed by atoms with van der Waals surface area (Å²) in [6.45, 7) is 10.9. The van der Waals surface area contributed by atoms with Gasteiger partial charge in [-0.2, -0.15) is 0 Å². The van der Waals surface area contributed by atoms with E-state index in [1.165, 1.54) is 37.7 Å². The van der Waals surface area contributed by atoms with Gasteiger partial charge in [0, 0.05) is 22.5 Å². The van der Waals surface area contributed by atoms with Crippen molar-refractivity contribution in [2.24, 2.45) is 5.41 Å². The topological polar surface area (TPSA) is 33.1 Å². The molecular formula is C31H42FNO. The summed E-state index contributed by atoms with van der Waals surface area (Å²) in [6, 6.07) is 8.08. The molecule has 1 aromatic heterocycles. The lowest BCUT2D eigenvalue weighted by molar-refractivity contribution is 0.0234. The number of hydrogen-bond acceptors (Lipinski definition) is 2. The van der Waals surface area contributed by atoms with Crippen molar-refractivity contribution in [1.82, 2.24) is 4.98 Å². The minimum Gasteiger partial charge on any atom is -0.388 e. The Morgan fingerprint density at radius 1 is 1.00 bits per heavy atom. The molecule has 3 heteroatoms. The summed E-state index contributed by atoms with van der Waals surface area (Å²) in [5.74, 6) is 0.477. The van der Waals surface area contributed by atoms with E-state index in [0.29, 0.717) is 11.5 Å². The van der Waals surface area contributed by atoms with Crippen LogP contribution in [0.2, 0.25) is 0 Å². The molecule has 3 aliphatic rings. The molecule has 0 amide bonds. The first kappa shape index (κ1) is 24.0. The molecule has 2 aromatic rings. The Hall–Kier alpha value is -1.74. The molecule has 0 unspecified atom stereocenters. The summed E-state index contributed by atoms with van der Waals surface area (Å²) in [7, 11) is 0. The zero-order valence-electron chi connectivity index (χ0n) is 21.8. The number of aliphatic hydroxyl groups excluding tert-OH is 1. The van der Waals surface area contributed by atoms with Crippen molar-refractivity contribution < 1.29 is 9.50 Å². The van der Waals surface area contributed by atoms with Crippen LogP contribution in [0.15, 0.2) is 24.3 Å². The monoisotopic (exact) mass is 463 g/mol. The van der Waals surface area contributed by atoms with Crippen LogP contribution in [0.3, 0.4) is 0 Å². The van der Waals surface area contributed by atoms with E-state index in [9.17, 15) is 5.11 Å². The van der Waals surface area contributed by atoms with Gasteiger partial charge >= 0.3 is 0 Å². The number of halogens is 1. The van der Waals surface area contributed by atoms with Crippen molar-refractivity contribution in [1.29, 1.82) is 0 Å². The van der Waals surface area contributed by atoms with E-state index in [2.05, 4.69) is 46.8 Å². The largest absolute Gasteiger partial charge is 0.388 e. The Labute approximate surface area is 205 Å². The molecule has 1 aromatic carbocycles. The van der Waals surface area contributed by atoms with Crippen molar-refractivity contribution >= 4 is 0 Å². The zero-order chi connectivity index (χ0) is 24.3. The molecule has 2 atom stereocenters. The van der Waals surface area contributed by atoms with Gasteiger partial charge in [-0.1, -0.05) is 78.1 Å². The van der Waals surface area contributed by atoms with Gasteiger partial charge in [0.2, 0.25) is 0 Å². The number of fused-ring (bicyclic) bond motifs is 1. The van der Waals surface area contributed by atoms with Gasteiger partial charge < -0.3 is 5.11 Å². The van der Waals surface area contributed by atoms with Crippen LogP contribution >= 0.6 is 0 Å². The molecule has 5 rings (SSSR count). The van der Waals surface area contributed by atoms with Crippen LogP contribution in [0.4, 0.5) is 4.39 Å². The standard InChI is InChI=1S/C31H42FNO/c1-19(2)29-27(28(32)21-11-13-22(14-12-21)30(3,4)5)25(20-9-6-7-10-20)26-23(33-29)17-31(15-8-16-31)18-24(26)34/h11-14,19-20,24,28,34H,6-10,15-18H2,1-5H3/t24-,28-/m0/s1. The Kier molecular flexibility index (Phi) is 6.16. The Morgan fingerprint density at radius 2 is 1.65 bits per heavy atom. The summed E-state index contributed by atoms with van der Waals surface area (Å²) in [6.07, 6.45) is 8.24. The van der Waals surface area contributed by atoms with Gasteiger partial charge in [0.25, 0.3) is 0 Å². The smallest absolute Gasteiger partial charge is 0.152 e. The average molecular weight is 464 g/mol. The van der Waals surface area contributed by atoms with Crippen molar-refractivity contribution in [3.05, 3.63) is 63.5 Å². The number of rotatable bonds is 4. The summed E-state index contributed by atoms with van der Waals surface area (Å²) < 4.78 is 16.6. The molecule has 2 saturated carbocycles. The van der Waals surface area contributed by atoms with E-state index in [-0.39, 0.29) is 16.7 Å². The van der Waals surface area contributed by atoms with Crippen LogP contribution in [0, 0.1) is 5.41 Å². The molecule has 3 aliphatic carbocycles. The van der Waals surface area contributed by atoms with Gasteiger partial charge in [0.05, 0.1) is 6.10 Å². The molecule has 0 radical (unpaired) electrons. The fourth-order valence-corrected chi connectivity index (χ4v) is 6.89. The first-order valence-electron chi connectivity index (χ1n) is 13.6. The third-order valence-corrected chi connectivity index (χ3v) is 8.97. The van der Waals surface area contributed by atoms with E-state index in [0.717, 1.165) is 53.8 Å². The van der Waals surface area contributed by atoms with Gasteiger partial charge in [-0.3, -0.25) is 4.98 Å². The highest BCUT2D eigenvalue weighted by atomic mass is 19.1. The maximum Gasteiger partial charge on any atom is 0.152 e. The van der Waals surface area contributed by atoms with Crippen LogP contribution in [0.25, 0.3) is 0 Å². The maximum absolute atomic E-state index is 16.6.